The van der Waals surface area contributed by atoms with Crippen LogP contribution in [0.15, 0.2) is 35.9 Å². The number of nitrogens with two attached hydrogens (primary N) is 1. The van der Waals surface area contributed by atoms with Gasteiger partial charge in [-0.2, -0.15) is 21.2 Å². The summed E-state index contributed by atoms with van der Waals surface area (Å²) in [7, 11) is 0. The number of nitrogens with one attached hydrogen (secondary N) is 1. The van der Waals surface area contributed by atoms with Crippen LogP contribution < -0.4 is 11.2 Å². The van der Waals surface area contributed by atoms with Crippen molar-refractivity contribution in [1.82, 2.24) is 15.4 Å². The smallest absolute Gasteiger partial charge is 0.275 e. The van der Waals surface area contributed by atoms with Crippen LogP contribution in [0.3, 0.4) is 0 Å². The first-order chi connectivity index (χ1) is 9.59. The van der Waals surface area contributed by atoms with E-state index in [2.05, 4.69) is 10.4 Å². The van der Waals surface area contributed by atoms with Gasteiger partial charge < -0.3 is 5.73 Å². The predicted molar refractivity (Wildman–Crippen MR) is 64.3 cm³/mol. The lowest BCUT2D eigenvalue weighted by molar-refractivity contribution is 0.0735. The number of amides is 1. The number of rotatable bonds is 1. The van der Waals surface area contributed by atoms with Crippen molar-refractivity contribution in [1.29, 1.82) is 15.8 Å². The van der Waals surface area contributed by atoms with E-state index in [9.17, 15) is 4.79 Å². The molecule has 2 rings (SSSR count). The normalized spacial score (nSPS) is 16.1. The van der Waals surface area contributed by atoms with Crippen molar-refractivity contribution < 1.29 is 4.79 Å². The molecule has 0 spiro atoms. The van der Waals surface area contributed by atoms with Gasteiger partial charge in [-0.1, -0.05) is 0 Å². The number of nitriles is 3. The van der Waals surface area contributed by atoms with Crippen LogP contribution in [0.5, 0.6) is 0 Å². The third-order valence-electron chi connectivity index (χ3n) is 2.71. The zero-order valence-corrected chi connectivity index (χ0v) is 10.0. The van der Waals surface area contributed by atoms with Crippen LogP contribution in [0.2, 0.25) is 0 Å². The van der Waals surface area contributed by atoms with Crippen molar-refractivity contribution >= 4 is 5.91 Å². The van der Waals surface area contributed by atoms with E-state index < -0.39 is 11.4 Å². The highest BCUT2D eigenvalue weighted by atomic mass is 16.2. The average Bonchev–Trinajstić information content (AvgIpc) is 2.80. The second kappa shape index (κ2) is 4.69. The summed E-state index contributed by atoms with van der Waals surface area (Å²) in [5.41, 5.74) is 5.97. The van der Waals surface area contributed by atoms with Crippen LogP contribution in [0, 0.1) is 34.0 Å². The zero-order valence-electron chi connectivity index (χ0n) is 10.0. The average molecular weight is 265 g/mol. The molecular formula is C12H7N7O. The van der Waals surface area contributed by atoms with E-state index in [1.165, 1.54) is 18.5 Å². The fourth-order valence-corrected chi connectivity index (χ4v) is 1.69. The molecule has 8 heteroatoms. The molecule has 8 nitrogen and oxygen atoms in total. The number of pyridine rings is 1. The minimum absolute atomic E-state index is 0.201. The molecule has 20 heavy (non-hydrogen) atoms. The Balaban J connectivity index is 2.47. The number of hydrogen-bond acceptors (Lipinski definition) is 7. The molecule has 0 fully saturated rings. The predicted octanol–water partition coefficient (Wildman–Crippen LogP) is -0.478. The fourth-order valence-electron chi connectivity index (χ4n) is 1.69. The van der Waals surface area contributed by atoms with E-state index in [4.69, 9.17) is 21.5 Å². The summed E-state index contributed by atoms with van der Waals surface area (Å²) < 4.78 is 0. The Morgan fingerprint density at radius 1 is 1.40 bits per heavy atom. The molecule has 1 amide bonds. The maximum Gasteiger partial charge on any atom is 0.275 e. The van der Waals surface area contributed by atoms with Crippen molar-refractivity contribution in [3.8, 4) is 18.2 Å². The SMILES string of the molecule is N#CC1=C(N)N(C(=O)c2cccnc2)NC1(C#N)C#N. The molecule has 1 aliphatic heterocycles. The quantitative estimate of drug-likeness (QED) is 0.698. The maximum atomic E-state index is 12.2. The standard InChI is InChI=1S/C12H7N7O/c13-4-9-10(16)19(18-12(9,6-14)7-15)11(20)8-2-1-3-17-5-8/h1-3,5,18H,16H2. The summed E-state index contributed by atoms with van der Waals surface area (Å²) in [5, 5.41) is 28.0. The minimum Gasteiger partial charge on any atom is -0.383 e. The lowest BCUT2D eigenvalue weighted by atomic mass is 9.96. The Bertz CT molecular complexity index is 703. The van der Waals surface area contributed by atoms with Gasteiger partial charge in [0.05, 0.1) is 5.56 Å². The molecule has 0 saturated carbocycles. The molecule has 0 atom stereocenters. The van der Waals surface area contributed by atoms with E-state index in [1.807, 2.05) is 0 Å². The summed E-state index contributed by atoms with van der Waals surface area (Å²) >= 11 is 0. The van der Waals surface area contributed by atoms with E-state index in [1.54, 1.807) is 24.3 Å². The first-order valence-electron chi connectivity index (χ1n) is 5.34. The van der Waals surface area contributed by atoms with Crippen LogP contribution >= 0.6 is 0 Å². The van der Waals surface area contributed by atoms with Gasteiger partial charge in [-0.3, -0.25) is 9.78 Å². The third kappa shape index (κ3) is 1.72. The van der Waals surface area contributed by atoms with Gasteiger partial charge in [0.25, 0.3) is 5.91 Å². The molecule has 0 unspecified atom stereocenters. The zero-order chi connectivity index (χ0) is 14.8. The first kappa shape index (κ1) is 13.0. The highest BCUT2D eigenvalue weighted by molar-refractivity contribution is 5.95. The Morgan fingerprint density at radius 3 is 2.55 bits per heavy atom. The van der Waals surface area contributed by atoms with Crippen LogP contribution in [-0.2, 0) is 0 Å². The van der Waals surface area contributed by atoms with Gasteiger partial charge in [0, 0.05) is 12.4 Å². The molecule has 1 aliphatic rings. The highest BCUT2D eigenvalue weighted by Crippen LogP contribution is 2.26. The Labute approximate surface area is 113 Å². The number of carbonyl (C=O) groups is 1. The monoisotopic (exact) mass is 265 g/mol. The van der Waals surface area contributed by atoms with Gasteiger partial charge in [-0.25, -0.2) is 5.01 Å². The summed E-state index contributed by atoms with van der Waals surface area (Å²) in [4.78, 5) is 16.0. The van der Waals surface area contributed by atoms with E-state index in [0.29, 0.717) is 0 Å². The van der Waals surface area contributed by atoms with Crippen molar-refractivity contribution in [2.75, 3.05) is 0 Å². The van der Waals surface area contributed by atoms with Crippen LogP contribution in [-0.4, -0.2) is 21.4 Å². The molecule has 0 aromatic carbocycles. The molecule has 96 valence electrons. The van der Waals surface area contributed by atoms with Crippen molar-refractivity contribution in [3.63, 3.8) is 0 Å². The first-order valence-corrected chi connectivity index (χ1v) is 5.34. The number of carbonyl (C=O) groups excluding carboxylic acids is 1. The molecule has 3 N–H and O–H groups in total. The molecule has 0 radical (unpaired) electrons. The summed E-state index contributed by atoms with van der Waals surface area (Å²) in [6, 6.07) is 8.03. The Morgan fingerprint density at radius 2 is 2.10 bits per heavy atom. The van der Waals surface area contributed by atoms with E-state index >= 15 is 0 Å². The topological polar surface area (TPSA) is 143 Å². The van der Waals surface area contributed by atoms with Crippen LogP contribution in [0.1, 0.15) is 10.4 Å². The Hall–Kier alpha value is -3.41. The van der Waals surface area contributed by atoms with Gasteiger partial charge >= 0.3 is 0 Å². The van der Waals surface area contributed by atoms with Gasteiger partial charge in [0.15, 0.2) is 0 Å². The molecular weight excluding hydrogens is 258 g/mol. The summed E-state index contributed by atoms with van der Waals surface area (Å²) in [6.07, 6.45) is 2.80. The van der Waals surface area contributed by atoms with Crippen molar-refractivity contribution in [2.24, 2.45) is 5.73 Å². The molecule has 0 saturated heterocycles. The van der Waals surface area contributed by atoms with Gasteiger partial charge in [0.1, 0.15) is 29.6 Å². The van der Waals surface area contributed by atoms with Crippen LogP contribution in [0.25, 0.3) is 0 Å². The maximum absolute atomic E-state index is 12.2. The van der Waals surface area contributed by atoms with E-state index in [-0.39, 0.29) is 17.0 Å². The van der Waals surface area contributed by atoms with Gasteiger partial charge in [-0.05, 0) is 12.1 Å². The fraction of sp³-hybridized carbons (Fsp3) is 0.0833. The molecule has 0 bridgehead atoms. The van der Waals surface area contributed by atoms with Crippen molar-refractivity contribution in [3.05, 3.63) is 41.5 Å². The number of hydrogen-bond donors (Lipinski definition) is 2. The molecule has 2 heterocycles. The third-order valence-corrected chi connectivity index (χ3v) is 2.71. The number of aromatic nitrogens is 1. The highest BCUT2D eigenvalue weighted by Gasteiger charge is 2.48. The van der Waals surface area contributed by atoms with Crippen molar-refractivity contribution in [2.45, 2.75) is 5.54 Å². The summed E-state index contributed by atoms with van der Waals surface area (Å²) in [5.74, 6) is -0.889. The molecule has 1 aromatic rings. The summed E-state index contributed by atoms with van der Waals surface area (Å²) in [6.45, 7) is 0. The second-order valence-electron chi connectivity index (χ2n) is 3.84. The molecule has 1 aromatic heterocycles. The van der Waals surface area contributed by atoms with E-state index in [0.717, 1.165) is 5.01 Å². The second-order valence-corrected chi connectivity index (χ2v) is 3.84. The number of hydrazine groups is 1. The lowest BCUT2D eigenvalue weighted by Gasteiger charge is -2.19. The largest absolute Gasteiger partial charge is 0.383 e. The van der Waals surface area contributed by atoms with Crippen LogP contribution in [0.4, 0.5) is 0 Å². The Kier molecular flexibility index (Phi) is 3.06. The number of nitrogens with zero attached hydrogens (tertiary/aromatic N) is 5. The minimum atomic E-state index is -1.96. The molecule has 0 aliphatic carbocycles. The van der Waals surface area contributed by atoms with Gasteiger partial charge in [-0.15, -0.1) is 0 Å². The lowest BCUT2D eigenvalue weighted by Crippen LogP contribution is -2.49. The van der Waals surface area contributed by atoms with Gasteiger partial charge in [0.2, 0.25) is 5.54 Å².